The number of carboxylic acid groups (broad SMARTS) is 1. The average molecular weight is 569 g/mol. The minimum atomic E-state index is -1.01. The van der Waals surface area contributed by atoms with E-state index < -0.39 is 60.1 Å². The predicted octanol–water partition coefficient (Wildman–Crippen LogP) is 0.312. The number of amides is 4. The molecule has 5 atom stereocenters. The standard InChI is InChI=1S/C27H36N8O6/c1-3-15(2)23(30-24(37)17-9-5-6-10-18(17)27(40)41)26(39)29-14-22(36)35-19-11-7-4-8-16(19)12-20(35)25(38)28-13-21-31-33-34-32-21/h4,7-8,11,15,17-18,20,23H,3,5-6,9-10,12-14H2,1-2H3,(H,28,38)(H,29,39)(H,30,37)(H,40,41)(H,31,32,33,34)/t15-,17+,18+,20-,23-/m0/s1. The number of H-pyrrole nitrogens is 1. The number of benzene rings is 1. The van der Waals surface area contributed by atoms with Gasteiger partial charge in [0.25, 0.3) is 0 Å². The second-order valence-corrected chi connectivity index (χ2v) is 10.6. The number of hydrogen-bond acceptors (Lipinski definition) is 8. The van der Waals surface area contributed by atoms with E-state index in [4.69, 9.17) is 0 Å². The van der Waals surface area contributed by atoms with Gasteiger partial charge in [0.15, 0.2) is 5.82 Å². The van der Waals surface area contributed by atoms with Gasteiger partial charge < -0.3 is 21.1 Å². The van der Waals surface area contributed by atoms with Crippen LogP contribution in [0.1, 0.15) is 57.3 Å². The molecule has 2 heterocycles. The van der Waals surface area contributed by atoms with Crippen LogP contribution < -0.4 is 20.9 Å². The third kappa shape index (κ3) is 6.87. The zero-order valence-corrected chi connectivity index (χ0v) is 23.1. The summed E-state index contributed by atoms with van der Waals surface area (Å²) >= 11 is 0. The molecule has 0 bridgehead atoms. The summed E-state index contributed by atoms with van der Waals surface area (Å²) in [6, 6.07) is 5.38. The Morgan fingerprint density at radius 3 is 2.49 bits per heavy atom. The SMILES string of the molecule is CC[C@H](C)[C@H](NC(=O)[C@@H]1CCCC[C@H]1C(=O)O)C(=O)NCC(=O)N1c2ccccc2C[C@H]1C(=O)NCc1nn[nH]n1. The molecule has 5 N–H and O–H groups in total. The Hall–Kier alpha value is -4.36. The third-order valence-corrected chi connectivity index (χ3v) is 7.98. The van der Waals surface area contributed by atoms with Gasteiger partial charge in [-0.1, -0.05) is 56.5 Å². The van der Waals surface area contributed by atoms with Crippen LogP contribution in [-0.2, 0) is 36.9 Å². The monoisotopic (exact) mass is 568 g/mol. The molecular formula is C27H36N8O6. The zero-order valence-electron chi connectivity index (χ0n) is 23.1. The van der Waals surface area contributed by atoms with Crippen molar-refractivity contribution >= 4 is 35.3 Å². The van der Waals surface area contributed by atoms with Crippen molar-refractivity contribution in [2.75, 3.05) is 11.4 Å². The molecule has 1 aliphatic carbocycles. The summed E-state index contributed by atoms with van der Waals surface area (Å²) in [5, 5.41) is 31.1. The first-order valence-electron chi connectivity index (χ1n) is 13.9. The van der Waals surface area contributed by atoms with Gasteiger partial charge in [-0.3, -0.25) is 28.9 Å². The number of anilines is 1. The lowest BCUT2D eigenvalue weighted by atomic mass is 9.78. The number of tetrazole rings is 1. The number of aliphatic carboxylic acids is 1. The maximum Gasteiger partial charge on any atom is 0.307 e. The van der Waals surface area contributed by atoms with E-state index in [-0.39, 0.29) is 12.5 Å². The number of aromatic nitrogens is 4. The lowest BCUT2D eigenvalue weighted by Crippen LogP contribution is -2.55. The average Bonchev–Trinajstić information content (AvgIpc) is 3.65. The van der Waals surface area contributed by atoms with E-state index in [9.17, 15) is 29.1 Å². The quantitative estimate of drug-likeness (QED) is 0.253. The number of nitrogens with one attached hydrogen (secondary N) is 4. The molecule has 41 heavy (non-hydrogen) atoms. The van der Waals surface area contributed by atoms with Gasteiger partial charge in [-0.05, 0) is 30.4 Å². The molecule has 1 saturated carbocycles. The maximum absolute atomic E-state index is 13.4. The molecule has 1 aromatic heterocycles. The molecule has 4 rings (SSSR count). The fourth-order valence-electron chi connectivity index (χ4n) is 5.51. The summed E-state index contributed by atoms with van der Waals surface area (Å²) < 4.78 is 0. The first-order chi connectivity index (χ1) is 19.7. The van der Waals surface area contributed by atoms with Crippen molar-refractivity contribution in [3.8, 4) is 0 Å². The lowest BCUT2D eigenvalue weighted by molar-refractivity contribution is -0.149. The van der Waals surface area contributed by atoms with Gasteiger partial charge in [-0.25, -0.2) is 0 Å². The molecule has 1 aliphatic heterocycles. The molecule has 1 fully saturated rings. The smallest absolute Gasteiger partial charge is 0.307 e. The first kappa shape index (κ1) is 29.6. The Bertz CT molecular complexity index is 1270. The highest BCUT2D eigenvalue weighted by atomic mass is 16.4. The number of nitrogens with zero attached hydrogens (tertiary/aromatic N) is 4. The number of rotatable bonds is 11. The lowest BCUT2D eigenvalue weighted by Gasteiger charge is -2.31. The molecule has 14 heteroatoms. The number of aromatic amines is 1. The Kier molecular flexibility index (Phi) is 9.63. The van der Waals surface area contributed by atoms with Gasteiger partial charge in [-0.2, -0.15) is 5.21 Å². The van der Waals surface area contributed by atoms with Crippen molar-refractivity contribution in [1.29, 1.82) is 0 Å². The van der Waals surface area contributed by atoms with Gasteiger partial charge in [0.2, 0.25) is 23.6 Å². The second-order valence-electron chi connectivity index (χ2n) is 10.6. The van der Waals surface area contributed by atoms with Crippen LogP contribution in [0.3, 0.4) is 0 Å². The largest absolute Gasteiger partial charge is 0.481 e. The fourth-order valence-corrected chi connectivity index (χ4v) is 5.51. The number of carboxylic acids is 1. The van der Waals surface area contributed by atoms with Gasteiger partial charge in [0, 0.05) is 12.1 Å². The Labute approximate surface area is 237 Å². The molecule has 1 aromatic carbocycles. The topological polar surface area (TPSA) is 199 Å². The minimum Gasteiger partial charge on any atom is -0.481 e. The van der Waals surface area contributed by atoms with Crippen LogP contribution in [-0.4, -0.2) is 74.0 Å². The minimum absolute atomic E-state index is 0.0287. The van der Waals surface area contributed by atoms with E-state index in [1.54, 1.807) is 12.1 Å². The highest BCUT2D eigenvalue weighted by molar-refractivity contribution is 6.05. The molecule has 14 nitrogen and oxygen atoms in total. The molecule has 0 unspecified atom stereocenters. The van der Waals surface area contributed by atoms with Crippen LogP contribution in [0.15, 0.2) is 24.3 Å². The van der Waals surface area contributed by atoms with Crippen molar-refractivity contribution in [3.05, 3.63) is 35.7 Å². The second kappa shape index (κ2) is 13.3. The van der Waals surface area contributed by atoms with Crippen molar-refractivity contribution in [2.24, 2.45) is 17.8 Å². The van der Waals surface area contributed by atoms with E-state index in [1.807, 2.05) is 26.0 Å². The summed E-state index contributed by atoms with van der Waals surface area (Å²) in [5.41, 5.74) is 1.40. The Balaban J connectivity index is 1.42. The fraction of sp³-hybridized carbons (Fsp3) is 0.556. The predicted molar refractivity (Wildman–Crippen MR) is 145 cm³/mol. The van der Waals surface area contributed by atoms with E-state index in [0.29, 0.717) is 37.2 Å². The first-order valence-corrected chi connectivity index (χ1v) is 13.9. The molecule has 220 valence electrons. The van der Waals surface area contributed by atoms with Crippen LogP contribution >= 0.6 is 0 Å². The van der Waals surface area contributed by atoms with Crippen molar-refractivity contribution in [3.63, 3.8) is 0 Å². The van der Waals surface area contributed by atoms with Crippen LogP contribution in [0, 0.1) is 17.8 Å². The summed E-state index contributed by atoms with van der Waals surface area (Å²) in [6.45, 7) is 3.32. The van der Waals surface area contributed by atoms with Gasteiger partial charge in [-0.15, -0.1) is 10.2 Å². The number of para-hydroxylation sites is 1. The number of carbonyl (C=O) groups excluding carboxylic acids is 4. The zero-order chi connectivity index (χ0) is 29.5. The van der Waals surface area contributed by atoms with Crippen LogP contribution in [0.2, 0.25) is 0 Å². The normalized spacial score (nSPS) is 21.3. The molecule has 0 spiro atoms. The van der Waals surface area contributed by atoms with Gasteiger partial charge in [0.05, 0.1) is 24.9 Å². The van der Waals surface area contributed by atoms with Crippen LogP contribution in [0.5, 0.6) is 0 Å². The number of hydrogen-bond donors (Lipinski definition) is 5. The van der Waals surface area contributed by atoms with E-state index in [2.05, 4.69) is 36.6 Å². The van der Waals surface area contributed by atoms with Crippen molar-refractivity contribution in [2.45, 2.75) is 71.0 Å². The molecule has 0 saturated heterocycles. The third-order valence-electron chi connectivity index (χ3n) is 7.98. The Morgan fingerprint density at radius 1 is 1.07 bits per heavy atom. The molecule has 2 aliphatic rings. The highest BCUT2D eigenvalue weighted by Crippen LogP contribution is 2.33. The number of fused-ring (bicyclic) bond motifs is 1. The molecular weight excluding hydrogens is 532 g/mol. The number of carbonyl (C=O) groups is 5. The van der Waals surface area contributed by atoms with Crippen LogP contribution in [0.4, 0.5) is 5.69 Å². The van der Waals surface area contributed by atoms with E-state index >= 15 is 0 Å². The Morgan fingerprint density at radius 2 is 1.80 bits per heavy atom. The summed E-state index contributed by atoms with van der Waals surface area (Å²) in [7, 11) is 0. The molecule has 2 aromatic rings. The summed E-state index contributed by atoms with van der Waals surface area (Å²) in [5.74, 6) is -4.39. The van der Waals surface area contributed by atoms with Gasteiger partial charge in [0.1, 0.15) is 12.1 Å². The van der Waals surface area contributed by atoms with E-state index in [1.165, 1.54) is 4.90 Å². The summed E-state index contributed by atoms with van der Waals surface area (Å²) in [6.07, 6.45) is 3.22. The van der Waals surface area contributed by atoms with E-state index in [0.717, 1.165) is 18.4 Å². The maximum atomic E-state index is 13.4. The molecule has 4 amide bonds. The van der Waals surface area contributed by atoms with Crippen molar-refractivity contribution < 1.29 is 29.1 Å². The highest BCUT2D eigenvalue weighted by Gasteiger charge is 2.40. The summed E-state index contributed by atoms with van der Waals surface area (Å²) in [4.78, 5) is 66.0. The van der Waals surface area contributed by atoms with Crippen LogP contribution in [0.25, 0.3) is 0 Å². The van der Waals surface area contributed by atoms with Gasteiger partial charge >= 0.3 is 5.97 Å². The van der Waals surface area contributed by atoms with Crippen molar-refractivity contribution in [1.82, 2.24) is 36.6 Å². The molecule has 0 radical (unpaired) electrons.